The molecule has 0 unspecified atom stereocenters. The average molecular weight is 252 g/mol. The zero-order valence-electron chi connectivity index (χ0n) is 10.7. The molecule has 2 rings (SSSR count). The number of esters is 1. The largest absolute Gasteiger partial charge is 0.432 e. The Morgan fingerprint density at radius 3 is 2.42 bits per heavy atom. The van der Waals surface area contributed by atoms with Crippen LogP contribution in [0, 0.1) is 0 Å². The molecule has 2 heteroatoms. The van der Waals surface area contributed by atoms with Crippen molar-refractivity contribution in [3.63, 3.8) is 0 Å². The van der Waals surface area contributed by atoms with Gasteiger partial charge in [0.25, 0.3) is 0 Å². The summed E-state index contributed by atoms with van der Waals surface area (Å²) in [7, 11) is 0. The highest BCUT2D eigenvalue weighted by atomic mass is 16.5. The summed E-state index contributed by atoms with van der Waals surface area (Å²) in [6, 6.07) is 17.7. The standard InChI is InChI=1S/C17H16O2/c1-2-19-17(18)16-11-7-6-10-15(16)13-12-14-8-4-3-5-9-14/h2-11H,1,12-13H2. The third-order valence-corrected chi connectivity index (χ3v) is 2.95. The summed E-state index contributed by atoms with van der Waals surface area (Å²) >= 11 is 0. The lowest BCUT2D eigenvalue weighted by Crippen LogP contribution is -2.05. The van der Waals surface area contributed by atoms with Crippen molar-refractivity contribution in [1.82, 2.24) is 0 Å². The van der Waals surface area contributed by atoms with Crippen LogP contribution in [-0.2, 0) is 17.6 Å². The molecule has 0 saturated carbocycles. The third-order valence-electron chi connectivity index (χ3n) is 2.95. The summed E-state index contributed by atoms with van der Waals surface area (Å²) < 4.78 is 4.85. The van der Waals surface area contributed by atoms with Gasteiger partial charge in [-0.25, -0.2) is 4.79 Å². The number of hydrogen-bond acceptors (Lipinski definition) is 2. The van der Waals surface area contributed by atoms with E-state index in [1.165, 1.54) is 5.56 Å². The molecule has 0 saturated heterocycles. The SMILES string of the molecule is C=COC(=O)c1ccccc1CCc1ccccc1. The fourth-order valence-electron chi connectivity index (χ4n) is 2.00. The van der Waals surface area contributed by atoms with E-state index in [9.17, 15) is 4.79 Å². The van der Waals surface area contributed by atoms with Crippen LogP contribution < -0.4 is 0 Å². The molecule has 0 aliphatic carbocycles. The maximum Gasteiger partial charge on any atom is 0.343 e. The Balaban J connectivity index is 2.12. The van der Waals surface area contributed by atoms with Gasteiger partial charge in [0.1, 0.15) is 0 Å². The van der Waals surface area contributed by atoms with E-state index in [-0.39, 0.29) is 5.97 Å². The Kier molecular flexibility index (Phi) is 4.51. The molecule has 2 aromatic carbocycles. The van der Waals surface area contributed by atoms with Crippen LogP contribution in [0.5, 0.6) is 0 Å². The molecule has 0 aliphatic heterocycles. The number of hydrogen-bond donors (Lipinski definition) is 0. The molecule has 0 bridgehead atoms. The molecule has 0 aliphatic rings. The molecule has 0 radical (unpaired) electrons. The predicted octanol–water partition coefficient (Wildman–Crippen LogP) is 3.77. The van der Waals surface area contributed by atoms with Crippen LogP contribution in [0.2, 0.25) is 0 Å². The van der Waals surface area contributed by atoms with Gasteiger partial charge in [0.2, 0.25) is 0 Å². The van der Waals surface area contributed by atoms with Crippen LogP contribution >= 0.6 is 0 Å². The van der Waals surface area contributed by atoms with Crippen molar-refractivity contribution in [3.05, 3.63) is 84.1 Å². The molecule has 0 N–H and O–H groups in total. The monoisotopic (exact) mass is 252 g/mol. The molecular formula is C17H16O2. The molecular weight excluding hydrogens is 236 g/mol. The van der Waals surface area contributed by atoms with E-state index in [1.807, 2.05) is 36.4 Å². The van der Waals surface area contributed by atoms with E-state index in [1.54, 1.807) is 6.07 Å². The molecule has 0 fully saturated rings. The second-order valence-electron chi connectivity index (χ2n) is 4.21. The Morgan fingerprint density at radius 1 is 1.00 bits per heavy atom. The molecule has 0 aromatic heterocycles. The summed E-state index contributed by atoms with van der Waals surface area (Å²) in [6.45, 7) is 3.41. The van der Waals surface area contributed by atoms with E-state index < -0.39 is 0 Å². The number of aryl methyl sites for hydroxylation is 2. The van der Waals surface area contributed by atoms with Gasteiger partial charge in [-0.3, -0.25) is 0 Å². The van der Waals surface area contributed by atoms with Crippen LogP contribution in [0.1, 0.15) is 21.5 Å². The van der Waals surface area contributed by atoms with Gasteiger partial charge >= 0.3 is 5.97 Å². The maximum atomic E-state index is 11.8. The van der Waals surface area contributed by atoms with Gasteiger partial charge in [-0.15, -0.1) is 0 Å². The van der Waals surface area contributed by atoms with Gasteiger partial charge < -0.3 is 4.74 Å². The van der Waals surface area contributed by atoms with E-state index in [2.05, 4.69) is 18.7 Å². The predicted molar refractivity (Wildman–Crippen MR) is 75.9 cm³/mol. The molecule has 2 nitrogen and oxygen atoms in total. The minimum Gasteiger partial charge on any atom is -0.432 e. The summed E-state index contributed by atoms with van der Waals surface area (Å²) in [5.74, 6) is -0.348. The van der Waals surface area contributed by atoms with Crippen molar-refractivity contribution in [2.45, 2.75) is 12.8 Å². The number of carbonyl (C=O) groups excluding carboxylic acids is 1. The molecule has 0 atom stereocenters. The molecule has 96 valence electrons. The number of carbonyl (C=O) groups is 1. The lowest BCUT2D eigenvalue weighted by atomic mass is 10.00. The first-order valence-corrected chi connectivity index (χ1v) is 6.25. The zero-order chi connectivity index (χ0) is 13.5. The van der Waals surface area contributed by atoms with E-state index in [0.717, 1.165) is 24.7 Å². The van der Waals surface area contributed by atoms with Crippen molar-refractivity contribution >= 4 is 5.97 Å². The second kappa shape index (κ2) is 6.55. The smallest absolute Gasteiger partial charge is 0.343 e. The first-order valence-electron chi connectivity index (χ1n) is 6.25. The Bertz CT molecular complexity index is 558. The third kappa shape index (κ3) is 3.55. The summed E-state index contributed by atoms with van der Waals surface area (Å²) in [5.41, 5.74) is 2.87. The number of rotatable bonds is 5. The van der Waals surface area contributed by atoms with Crippen LogP contribution in [0.25, 0.3) is 0 Å². The first kappa shape index (κ1) is 13.1. The molecule has 19 heavy (non-hydrogen) atoms. The highest BCUT2D eigenvalue weighted by Crippen LogP contribution is 2.14. The summed E-state index contributed by atoms with van der Waals surface area (Å²) in [4.78, 5) is 11.8. The van der Waals surface area contributed by atoms with E-state index >= 15 is 0 Å². The van der Waals surface area contributed by atoms with Crippen LogP contribution in [0.15, 0.2) is 67.4 Å². The minimum atomic E-state index is -0.348. The lowest BCUT2D eigenvalue weighted by molar-refractivity contribution is 0.0663. The first-order chi connectivity index (χ1) is 9.31. The van der Waals surface area contributed by atoms with Crippen molar-refractivity contribution in [2.24, 2.45) is 0 Å². The Hall–Kier alpha value is -2.35. The van der Waals surface area contributed by atoms with Crippen molar-refractivity contribution in [1.29, 1.82) is 0 Å². The van der Waals surface area contributed by atoms with Gasteiger partial charge in [0, 0.05) is 0 Å². The quantitative estimate of drug-likeness (QED) is 0.598. The van der Waals surface area contributed by atoms with Gasteiger partial charge in [0.05, 0.1) is 11.8 Å². The Labute approximate surface area is 113 Å². The second-order valence-corrected chi connectivity index (χ2v) is 4.21. The number of ether oxygens (including phenoxy) is 1. The molecule has 0 heterocycles. The van der Waals surface area contributed by atoms with Gasteiger partial charge in [0.15, 0.2) is 0 Å². The van der Waals surface area contributed by atoms with Crippen molar-refractivity contribution in [2.75, 3.05) is 0 Å². The van der Waals surface area contributed by atoms with Crippen LogP contribution in [-0.4, -0.2) is 5.97 Å². The highest BCUT2D eigenvalue weighted by molar-refractivity contribution is 5.91. The topological polar surface area (TPSA) is 26.3 Å². The summed E-state index contributed by atoms with van der Waals surface area (Å²) in [5, 5.41) is 0. The fourth-order valence-corrected chi connectivity index (χ4v) is 2.00. The zero-order valence-corrected chi connectivity index (χ0v) is 10.7. The van der Waals surface area contributed by atoms with Gasteiger partial charge in [-0.05, 0) is 30.0 Å². The minimum absolute atomic E-state index is 0.348. The van der Waals surface area contributed by atoms with Crippen molar-refractivity contribution < 1.29 is 9.53 Å². The molecule has 0 spiro atoms. The normalized spacial score (nSPS) is 9.89. The van der Waals surface area contributed by atoms with E-state index in [0.29, 0.717) is 5.56 Å². The van der Waals surface area contributed by atoms with Gasteiger partial charge in [-0.1, -0.05) is 55.1 Å². The van der Waals surface area contributed by atoms with E-state index in [4.69, 9.17) is 4.74 Å². The van der Waals surface area contributed by atoms with Crippen LogP contribution in [0.4, 0.5) is 0 Å². The number of benzene rings is 2. The lowest BCUT2D eigenvalue weighted by Gasteiger charge is -2.07. The average Bonchev–Trinajstić information content (AvgIpc) is 2.47. The van der Waals surface area contributed by atoms with Crippen LogP contribution in [0.3, 0.4) is 0 Å². The van der Waals surface area contributed by atoms with Gasteiger partial charge in [-0.2, -0.15) is 0 Å². The van der Waals surface area contributed by atoms with Crippen molar-refractivity contribution in [3.8, 4) is 0 Å². The molecule has 2 aromatic rings. The maximum absolute atomic E-state index is 11.8. The highest BCUT2D eigenvalue weighted by Gasteiger charge is 2.11. The molecule has 0 amide bonds. The fraction of sp³-hybridized carbons (Fsp3) is 0.118. The Morgan fingerprint density at radius 2 is 1.68 bits per heavy atom. The summed E-state index contributed by atoms with van der Waals surface area (Å²) in [6.07, 6.45) is 2.88.